The van der Waals surface area contributed by atoms with E-state index in [0.717, 1.165) is 18.9 Å². The highest BCUT2D eigenvalue weighted by atomic mass is 16.5. The molecule has 1 rings (SSSR count). The Labute approximate surface area is 97.2 Å². The van der Waals surface area contributed by atoms with Crippen LogP contribution in [-0.2, 0) is 0 Å². The minimum absolute atomic E-state index is 0.275. The number of nitrogens with one attached hydrogen (secondary N) is 1. The summed E-state index contributed by atoms with van der Waals surface area (Å²) in [6.07, 6.45) is 0.986. The van der Waals surface area contributed by atoms with Crippen molar-refractivity contribution in [2.24, 2.45) is 0 Å². The second-order valence-electron chi connectivity index (χ2n) is 4.04. The van der Waals surface area contributed by atoms with Gasteiger partial charge in [0.2, 0.25) is 5.89 Å². The summed E-state index contributed by atoms with van der Waals surface area (Å²) in [5, 5.41) is 7.21. The van der Waals surface area contributed by atoms with Crippen molar-refractivity contribution in [2.75, 3.05) is 25.5 Å². The monoisotopic (exact) mass is 226 g/mol. The molecule has 1 heterocycles. The van der Waals surface area contributed by atoms with Gasteiger partial charge in [0, 0.05) is 19.6 Å². The van der Waals surface area contributed by atoms with Crippen molar-refractivity contribution >= 4 is 5.95 Å². The number of hydrogen-bond acceptors (Lipinski definition) is 5. The van der Waals surface area contributed by atoms with Crippen molar-refractivity contribution in [2.45, 2.75) is 39.2 Å². The zero-order valence-electron chi connectivity index (χ0n) is 10.8. The summed E-state index contributed by atoms with van der Waals surface area (Å²) in [5.74, 6) is 1.66. The van der Waals surface area contributed by atoms with E-state index in [0.29, 0.717) is 12.0 Å². The molecule has 0 spiro atoms. The van der Waals surface area contributed by atoms with Gasteiger partial charge in [0.05, 0.1) is 5.92 Å². The molecule has 0 saturated carbocycles. The smallest absolute Gasteiger partial charge is 0.265 e. The van der Waals surface area contributed by atoms with Crippen LogP contribution >= 0.6 is 0 Å². The third-order valence-corrected chi connectivity index (χ3v) is 3.06. The molecule has 0 bridgehead atoms. The van der Waals surface area contributed by atoms with E-state index in [-0.39, 0.29) is 5.92 Å². The van der Waals surface area contributed by atoms with E-state index in [9.17, 15) is 0 Å². The zero-order chi connectivity index (χ0) is 12.1. The van der Waals surface area contributed by atoms with Gasteiger partial charge in [-0.05, 0) is 32.5 Å². The Hall–Kier alpha value is -1.10. The fourth-order valence-electron chi connectivity index (χ4n) is 1.62. The van der Waals surface area contributed by atoms with Gasteiger partial charge in [-0.2, -0.15) is 4.98 Å². The summed E-state index contributed by atoms with van der Waals surface area (Å²) in [7, 11) is 3.90. The standard InChI is InChI=1S/C11H22N4O/c1-6-9(8(3)12-4)10-13-11(14-16-10)15(5)7-2/h8-9,12H,6-7H2,1-5H3. The number of likely N-dealkylation sites (N-methyl/N-ethyl adjacent to an activating group) is 1. The molecule has 16 heavy (non-hydrogen) atoms. The number of rotatable bonds is 6. The number of hydrogen-bond donors (Lipinski definition) is 1. The number of nitrogens with zero attached hydrogens (tertiary/aromatic N) is 3. The van der Waals surface area contributed by atoms with E-state index in [1.165, 1.54) is 0 Å². The van der Waals surface area contributed by atoms with Crippen molar-refractivity contribution in [3.8, 4) is 0 Å². The van der Waals surface area contributed by atoms with Crippen LogP contribution in [-0.4, -0.2) is 36.8 Å². The fourth-order valence-corrected chi connectivity index (χ4v) is 1.62. The van der Waals surface area contributed by atoms with Crippen LogP contribution in [0.1, 0.15) is 39.0 Å². The minimum atomic E-state index is 0.275. The third-order valence-electron chi connectivity index (χ3n) is 3.06. The lowest BCUT2D eigenvalue weighted by Gasteiger charge is -2.18. The van der Waals surface area contributed by atoms with E-state index < -0.39 is 0 Å². The molecule has 1 N–H and O–H groups in total. The summed E-state index contributed by atoms with van der Waals surface area (Å²) in [5.41, 5.74) is 0. The van der Waals surface area contributed by atoms with Gasteiger partial charge in [-0.25, -0.2) is 0 Å². The van der Waals surface area contributed by atoms with Crippen molar-refractivity contribution in [1.82, 2.24) is 15.5 Å². The number of anilines is 1. The van der Waals surface area contributed by atoms with Crippen molar-refractivity contribution < 1.29 is 4.52 Å². The van der Waals surface area contributed by atoms with Crippen molar-refractivity contribution in [1.29, 1.82) is 0 Å². The Kier molecular flexibility index (Phi) is 4.73. The van der Waals surface area contributed by atoms with Crippen LogP contribution in [0.2, 0.25) is 0 Å². The predicted molar refractivity (Wildman–Crippen MR) is 64.8 cm³/mol. The lowest BCUT2D eigenvalue weighted by Crippen LogP contribution is -2.28. The molecule has 0 aliphatic carbocycles. The molecule has 0 aromatic carbocycles. The number of aromatic nitrogens is 2. The molecule has 0 amide bonds. The fraction of sp³-hybridized carbons (Fsp3) is 0.818. The third kappa shape index (κ3) is 2.72. The van der Waals surface area contributed by atoms with E-state index in [1.807, 2.05) is 19.0 Å². The summed E-state index contributed by atoms with van der Waals surface area (Å²) < 4.78 is 5.32. The Bertz CT molecular complexity index is 313. The van der Waals surface area contributed by atoms with Gasteiger partial charge in [-0.3, -0.25) is 0 Å². The highest BCUT2D eigenvalue weighted by Crippen LogP contribution is 2.23. The highest BCUT2D eigenvalue weighted by Gasteiger charge is 2.23. The van der Waals surface area contributed by atoms with E-state index in [4.69, 9.17) is 4.52 Å². The summed E-state index contributed by atoms with van der Waals surface area (Å²) in [6, 6.07) is 0.338. The van der Waals surface area contributed by atoms with E-state index in [1.54, 1.807) is 0 Å². The van der Waals surface area contributed by atoms with Crippen molar-refractivity contribution in [3.05, 3.63) is 5.89 Å². The molecule has 0 fully saturated rings. The Morgan fingerprint density at radius 1 is 1.44 bits per heavy atom. The van der Waals surface area contributed by atoms with Gasteiger partial charge in [0.15, 0.2) is 0 Å². The molecule has 0 aliphatic heterocycles. The summed E-state index contributed by atoms with van der Waals surface area (Å²) in [4.78, 5) is 6.39. The molecular weight excluding hydrogens is 204 g/mol. The molecule has 0 aliphatic rings. The van der Waals surface area contributed by atoms with Crippen LogP contribution < -0.4 is 10.2 Å². The van der Waals surface area contributed by atoms with Gasteiger partial charge in [0.25, 0.3) is 5.95 Å². The molecule has 1 aromatic rings. The first-order valence-corrected chi connectivity index (χ1v) is 5.86. The molecule has 5 heteroatoms. The van der Waals surface area contributed by atoms with Crippen LogP contribution in [0.25, 0.3) is 0 Å². The van der Waals surface area contributed by atoms with Crippen LogP contribution in [0.5, 0.6) is 0 Å². The molecule has 2 atom stereocenters. The molecular formula is C11H22N4O. The zero-order valence-corrected chi connectivity index (χ0v) is 10.8. The van der Waals surface area contributed by atoms with Gasteiger partial charge >= 0.3 is 0 Å². The van der Waals surface area contributed by atoms with Crippen LogP contribution in [0, 0.1) is 0 Å². The summed E-state index contributed by atoms with van der Waals surface area (Å²) >= 11 is 0. The molecule has 0 saturated heterocycles. The van der Waals surface area contributed by atoms with Gasteiger partial charge in [-0.1, -0.05) is 6.92 Å². The Balaban J connectivity index is 2.82. The molecule has 0 radical (unpaired) electrons. The second kappa shape index (κ2) is 5.84. The molecule has 5 nitrogen and oxygen atoms in total. The normalized spacial score (nSPS) is 14.8. The second-order valence-corrected chi connectivity index (χ2v) is 4.04. The van der Waals surface area contributed by atoms with E-state index in [2.05, 4.69) is 36.2 Å². The van der Waals surface area contributed by atoms with Crippen LogP contribution in [0.15, 0.2) is 4.52 Å². The minimum Gasteiger partial charge on any atom is -0.342 e. The SMILES string of the molecule is CCC(c1nc(N(C)CC)no1)C(C)NC. The van der Waals surface area contributed by atoms with Crippen LogP contribution in [0.4, 0.5) is 5.95 Å². The Morgan fingerprint density at radius 2 is 2.12 bits per heavy atom. The topological polar surface area (TPSA) is 54.2 Å². The molecule has 2 unspecified atom stereocenters. The largest absolute Gasteiger partial charge is 0.342 e. The average molecular weight is 226 g/mol. The maximum Gasteiger partial charge on any atom is 0.265 e. The van der Waals surface area contributed by atoms with Crippen molar-refractivity contribution in [3.63, 3.8) is 0 Å². The predicted octanol–water partition coefficient (Wildman–Crippen LogP) is 1.63. The lowest BCUT2D eigenvalue weighted by atomic mass is 9.98. The van der Waals surface area contributed by atoms with Gasteiger partial charge < -0.3 is 14.7 Å². The van der Waals surface area contributed by atoms with Gasteiger partial charge in [-0.15, -0.1) is 0 Å². The molecule has 1 aromatic heterocycles. The van der Waals surface area contributed by atoms with E-state index >= 15 is 0 Å². The first-order chi connectivity index (χ1) is 7.63. The average Bonchev–Trinajstić information content (AvgIpc) is 2.78. The maximum atomic E-state index is 5.32. The molecule has 92 valence electrons. The summed E-state index contributed by atoms with van der Waals surface area (Å²) in [6.45, 7) is 7.19. The first-order valence-electron chi connectivity index (χ1n) is 5.86. The lowest BCUT2D eigenvalue weighted by molar-refractivity contribution is 0.321. The maximum absolute atomic E-state index is 5.32. The van der Waals surface area contributed by atoms with Gasteiger partial charge in [0.1, 0.15) is 0 Å². The Morgan fingerprint density at radius 3 is 2.62 bits per heavy atom. The first kappa shape index (κ1) is 13.0. The quantitative estimate of drug-likeness (QED) is 0.799. The van der Waals surface area contributed by atoms with Crippen LogP contribution in [0.3, 0.4) is 0 Å². The highest BCUT2D eigenvalue weighted by molar-refractivity contribution is 5.25.